The van der Waals surface area contributed by atoms with Crippen LogP contribution >= 0.6 is 0 Å². The van der Waals surface area contributed by atoms with Gasteiger partial charge in [0.15, 0.2) is 0 Å². The fourth-order valence-electron chi connectivity index (χ4n) is 3.87. The fourth-order valence-corrected chi connectivity index (χ4v) is 3.87. The summed E-state index contributed by atoms with van der Waals surface area (Å²) in [5, 5.41) is 10.9. The summed E-state index contributed by atoms with van der Waals surface area (Å²) in [5.74, 6) is 0.877. The van der Waals surface area contributed by atoms with Gasteiger partial charge >= 0.3 is 0 Å². The molecule has 140 valence electrons. The molecular weight excluding hydrogens is 329 g/mol. The molecule has 3 rings (SSSR count). The second-order valence-corrected chi connectivity index (χ2v) is 7.20. The third-order valence-corrected chi connectivity index (χ3v) is 5.47. The monoisotopic (exact) mass is 357 g/mol. The SMILES string of the molecule is COc1c(C)cccc1[C@H](O)C1CCN(CCc2ccc(F)cc2)CC1. The first-order valence-electron chi connectivity index (χ1n) is 9.37. The number of benzene rings is 2. The number of aliphatic hydroxyl groups excluding tert-OH is 1. The van der Waals surface area contributed by atoms with E-state index in [1.165, 1.54) is 12.1 Å². The van der Waals surface area contributed by atoms with Gasteiger partial charge in [-0.05, 0) is 68.5 Å². The van der Waals surface area contributed by atoms with Gasteiger partial charge in [0.05, 0.1) is 13.2 Å². The van der Waals surface area contributed by atoms with Gasteiger partial charge in [-0.25, -0.2) is 4.39 Å². The van der Waals surface area contributed by atoms with Crippen molar-refractivity contribution in [2.45, 2.75) is 32.3 Å². The van der Waals surface area contributed by atoms with Gasteiger partial charge in [-0.3, -0.25) is 0 Å². The zero-order valence-corrected chi connectivity index (χ0v) is 15.6. The van der Waals surface area contributed by atoms with Crippen LogP contribution in [0.25, 0.3) is 0 Å². The summed E-state index contributed by atoms with van der Waals surface area (Å²) in [6.07, 6.45) is 2.40. The van der Waals surface area contributed by atoms with Crippen LogP contribution < -0.4 is 4.74 Å². The first-order valence-corrected chi connectivity index (χ1v) is 9.37. The maximum absolute atomic E-state index is 13.0. The number of nitrogens with zero attached hydrogens (tertiary/aromatic N) is 1. The van der Waals surface area contributed by atoms with Gasteiger partial charge in [0.1, 0.15) is 11.6 Å². The van der Waals surface area contributed by atoms with Crippen LogP contribution in [0.5, 0.6) is 5.75 Å². The van der Waals surface area contributed by atoms with Crippen molar-refractivity contribution in [3.8, 4) is 5.75 Å². The Hall–Kier alpha value is -1.91. The number of aliphatic hydroxyl groups is 1. The topological polar surface area (TPSA) is 32.7 Å². The Morgan fingerprint density at radius 3 is 2.50 bits per heavy atom. The number of methoxy groups -OCH3 is 1. The molecule has 1 atom stereocenters. The molecule has 2 aromatic rings. The van der Waals surface area contributed by atoms with E-state index in [1.807, 2.05) is 37.3 Å². The van der Waals surface area contributed by atoms with Crippen LogP contribution in [0.3, 0.4) is 0 Å². The van der Waals surface area contributed by atoms with Crippen LogP contribution in [0.4, 0.5) is 4.39 Å². The van der Waals surface area contributed by atoms with Crippen LogP contribution in [0.15, 0.2) is 42.5 Å². The van der Waals surface area contributed by atoms with E-state index in [0.717, 1.165) is 61.3 Å². The normalized spacial score (nSPS) is 17.2. The number of rotatable bonds is 6. The Morgan fingerprint density at radius 2 is 1.85 bits per heavy atom. The van der Waals surface area contributed by atoms with Gasteiger partial charge < -0.3 is 14.7 Å². The lowest BCUT2D eigenvalue weighted by Gasteiger charge is -2.34. The molecule has 0 radical (unpaired) electrons. The summed E-state index contributed by atoms with van der Waals surface area (Å²) in [6.45, 7) is 4.95. The Balaban J connectivity index is 1.53. The summed E-state index contributed by atoms with van der Waals surface area (Å²) < 4.78 is 18.5. The zero-order chi connectivity index (χ0) is 18.5. The van der Waals surface area contributed by atoms with Gasteiger partial charge in [0, 0.05) is 12.1 Å². The van der Waals surface area contributed by atoms with Crippen LogP contribution in [0, 0.1) is 18.7 Å². The first kappa shape index (κ1) is 18.9. The van der Waals surface area contributed by atoms with Crippen LogP contribution in [-0.4, -0.2) is 36.8 Å². The first-order chi connectivity index (χ1) is 12.6. The fraction of sp³-hybridized carbons (Fsp3) is 0.455. The predicted octanol–water partition coefficient (Wildman–Crippen LogP) is 4.13. The highest BCUT2D eigenvalue weighted by atomic mass is 19.1. The summed E-state index contributed by atoms with van der Waals surface area (Å²) in [6, 6.07) is 12.7. The number of piperidine rings is 1. The van der Waals surface area contributed by atoms with Crippen molar-refractivity contribution in [2.24, 2.45) is 5.92 Å². The zero-order valence-electron chi connectivity index (χ0n) is 15.6. The second-order valence-electron chi connectivity index (χ2n) is 7.20. The lowest BCUT2D eigenvalue weighted by Crippen LogP contribution is -2.36. The van der Waals surface area contributed by atoms with Crippen molar-refractivity contribution in [1.82, 2.24) is 4.90 Å². The molecule has 26 heavy (non-hydrogen) atoms. The summed E-state index contributed by atoms with van der Waals surface area (Å²) >= 11 is 0. The van der Waals surface area contributed by atoms with Gasteiger partial charge in [-0.15, -0.1) is 0 Å². The third kappa shape index (κ3) is 4.43. The number of halogens is 1. The molecule has 0 aliphatic carbocycles. The van der Waals surface area contributed by atoms with E-state index in [9.17, 15) is 9.50 Å². The highest BCUT2D eigenvalue weighted by molar-refractivity contribution is 5.42. The average molecular weight is 357 g/mol. The van der Waals surface area contributed by atoms with E-state index in [0.29, 0.717) is 0 Å². The van der Waals surface area contributed by atoms with E-state index < -0.39 is 6.10 Å². The van der Waals surface area contributed by atoms with Gasteiger partial charge in [0.2, 0.25) is 0 Å². The minimum absolute atomic E-state index is 0.185. The molecule has 1 aliphatic heterocycles. The van der Waals surface area contributed by atoms with Crippen LogP contribution in [0.2, 0.25) is 0 Å². The molecule has 1 N–H and O–H groups in total. The molecule has 0 bridgehead atoms. The van der Waals surface area contributed by atoms with Gasteiger partial charge in [0.25, 0.3) is 0 Å². The van der Waals surface area contributed by atoms with Gasteiger partial charge in [-0.1, -0.05) is 30.3 Å². The van der Waals surface area contributed by atoms with Crippen molar-refractivity contribution in [3.05, 3.63) is 65.0 Å². The van der Waals surface area contributed by atoms with Crippen molar-refractivity contribution < 1.29 is 14.2 Å². The smallest absolute Gasteiger partial charge is 0.127 e. The second kappa shape index (κ2) is 8.65. The standard InChI is InChI=1S/C22H28FNO2/c1-16-4-3-5-20(22(16)26-2)21(25)18-11-14-24(15-12-18)13-10-17-6-8-19(23)9-7-17/h3-9,18,21,25H,10-15H2,1-2H3/t21-/m1/s1. The van der Waals surface area contributed by atoms with E-state index in [1.54, 1.807) is 7.11 Å². The molecule has 0 amide bonds. The molecule has 2 aromatic carbocycles. The third-order valence-electron chi connectivity index (χ3n) is 5.47. The number of hydrogen-bond acceptors (Lipinski definition) is 3. The Labute approximate surface area is 155 Å². The minimum Gasteiger partial charge on any atom is -0.496 e. The molecule has 0 aromatic heterocycles. The number of hydrogen-bond donors (Lipinski definition) is 1. The lowest BCUT2D eigenvalue weighted by molar-refractivity contribution is 0.0575. The van der Waals surface area contributed by atoms with Crippen LogP contribution in [0.1, 0.15) is 35.6 Å². The Morgan fingerprint density at radius 1 is 1.15 bits per heavy atom. The molecule has 0 unspecified atom stereocenters. The molecule has 3 nitrogen and oxygen atoms in total. The quantitative estimate of drug-likeness (QED) is 0.844. The number of para-hydroxylation sites is 1. The highest BCUT2D eigenvalue weighted by Gasteiger charge is 2.28. The van der Waals surface area contributed by atoms with E-state index in [-0.39, 0.29) is 11.7 Å². The summed E-state index contributed by atoms with van der Waals surface area (Å²) in [5.41, 5.74) is 3.12. The highest BCUT2D eigenvalue weighted by Crippen LogP contribution is 2.36. The maximum atomic E-state index is 13.0. The van der Waals surface area contributed by atoms with Crippen molar-refractivity contribution in [3.63, 3.8) is 0 Å². The summed E-state index contributed by atoms with van der Waals surface area (Å²) in [4.78, 5) is 2.43. The van der Waals surface area contributed by atoms with Crippen molar-refractivity contribution in [2.75, 3.05) is 26.7 Å². The number of ether oxygens (including phenoxy) is 1. The van der Waals surface area contributed by atoms with Crippen LogP contribution in [-0.2, 0) is 6.42 Å². The molecule has 1 saturated heterocycles. The van der Waals surface area contributed by atoms with Crippen molar-refractivity contribution in [1.29, 1.82) is 0 Å². The maximum Gasteiger partial charge on any atom is 0.127 e. The molecule has 4 heteroatoms. The molecule has 1 fully saturated rings. The molecular formula is C22H28FNO2. The van der Waals surface area contributed by atoms with E-state index >= 15 is 0 Å². The molecule has 1 aliphatic rings. The molecule has 1 heterocycles. The largest absolute Gasteiger partial charge is 0.496 e. The Bertz CT molecular complexity index is 709. The number of aryl methyl sites for hydroxylation is 1. The summed E-state index contributed by atoms with van der Waals surface area (Å²) in [7, 11) is 1.66. The lowest BCUT2D eigenvalue weighted by atomic mass is 9.86. The Kier molecular flexibility index (Phi) is 6.28. The molecule has 0 spiro atoms. The van der Waals surface area contributed by atoms with E-state index in [2.05, 4.69) is 4.90 Å². The minimum atomic E-state index is -0.482. The predicted molar refractivity (Wildman–Crippen MR) is 102 cm³/mol. The van der Waals surface area contributed by atoms with Crippen molar-refractivity contribution >= 4 is 0 Å². The molecule has 0 saturated carbocycles. The van der Waals surface area contributed by atoms with Gasteiger partial charge in [-0.2, -0.15) is 0 Å². The number of likely N-dealkylation sites (tertiary alicyclic amines) is 1. The van der Waals surface area contributed by atoms with E-state index in [4.69, 9.17) is 4.74 Å². The average Bonchev–Trinajstić information content (AvgIpc) is 2.67.